The van der Waals surface area contributed by atoms with Crippen molar-refractivity contribution in [3.63, 3.8) is 0 Å². The molecule has 1 aliphatic carbocycles. The number of anilines is 1. The van der Waals surface area contributed by atoms with Crippen molar-refractivity contribution in [2.75, 3.05) is 5.73 Å². The zero-order valence-electron chi connectivity index (χ0n) is 13.1. The third-order valence-corrected chi connectivity index (χ3v) is 4.13. The van der Waals surface area contributed by atoms with Crippen molar-refractivity contribution in [3.8, 4) is 24.2 Å². The molecule has 2 aromatic rings. The second-order valence-electron chi connectivity index (χ2n) is 6.16. The van der Waals surface area contributed by atoms with Gasteiger partial charge in [0, 0.05) is 0 Å². The van der Waals surface area contributed by atoms with E-state index in [4.69, 9.17) is 12.2 Å². The number of rotatable bonds is 1. The standard InChI is InChI=1S/C17H19N5O/c1-3-9-22-11-19-14-15(18)20-13(21-16(14)22)6-8-17(23)7-4-5-12(2)10-17/h1,11-12,23H,4-5,7,9-10H2,2H3,(H2,18,20,21). The maximum Gasteiger partial charge on any atom is 0.209 e. The van der Waals surface area contributed by atoms with Gasteiger partial charge in [-0.25, -0.2) is 15.0 Å². The molecule has 2 atom stereocenters. The van der Waals surface area contributed by atoms with Crippen LogP contribution in [0, 0.1) is 30.1 Å². The average molecular weight is 309 g/mol. The number of aromatic nitrogens is 4. The Labute approximate surface area is 135 Å². The first kappa shape index (κ1) is 15.3. The molecule has 6 nitrogen and oxygen atoms in total. The van der Waals surface area contributed by atoms with Gasteiger partial charge in [0.25, 0.3) is 0 Å². The summed E-state index contributed by atoms with van der Waals surface area (Å²) in [7, 11) is 0. The van der Waals surface area contributed by atoms with E-state index in [0.29, 0.717) is 36.5 Å². The minimum Gasteiger partial charge on any atom is -0.382 e. The molecule has 0 bridgehead atoms. The van der Waals surface area contributed by atoms with E-state index < -0.39 is 5.60 Å². The lowest BCUT2D eigenvalue weighted by molar-refractivity contribution is 0.0410. The van der Waals surface area contributed by atoms with E-state index in [1.165, 1.54) is 0 Å². The number of fused-ring (bicyclic) bond motifs is 1. The van der Waals surface area contributed by atoms with Gasteiger partial charge in [-0.05, 0) is 31.1 Å². The summed E-state index contributed by atoms with van der Waals surface area (Å²) < 4.78 is 1.72. The van der Waals surface area contributed by atoms with Gasteiger partial charge in [-0.15, -0.1) is 6.42 Å². The summed E-state index contributed by atoms with van der Waals surface area (Å²) in [6, 6.07) is 0. The molecule has 1 saturated carbocycles. The zero-order chi connectivity index (χ0) is 16.4. The summed E-state index contributed by atoms with van der Waals surface area (Å²) in [6.45, 7) is 2.48. The number of terminal acetylenes is 1. The van der Waals surface area contributed by atoms with Crippen molar-refractivity contribution < 1.29 is 5.11 Å². The molecule has 0 radical (unpaired) electrons. The molecule has 2 heterocycles. The van der Waals surface area contributed by atoms with Crippen LogP contribution in [0.5, 0.6) is 0 Å². The van der Waals surface area contributed by atoms with Crippen LogP contribution in [0.1, 0.15) is 38.4 Å². The van der Waals surface area contributed by atoms with E-state index in [1.54, 1.807) is 10.9 Å². The lowest BCUT2D eigenvalue weighted by atomic mass is 9.79. The fraction of sp³-hybridized carbons (Fsp3) is 0.471. The Kier molecular flexibility index (Phi) is 3.94. The molecule has 0 aromatic carbocycles. The highest BCUT2D eigenvalue weighted by atomic mass is 16.3. The number of hydrogen-bond donors (Lipinski definition) is 2. The molecule has 3 N–H and O–H groups in total. The first-order chi connectivity index (χ1) is 11.0. The van der Waals surface area contributed by atoms with Gasteiger partial charge in [-0.3, -0.25) is 0 Å². The monoisotopic (exact) mass is 309 g/mol. The topological polar surface area (TPSA) is 89.9 Å². The van der Waals surface area contributed by atoms with Gasteiger partial charge in [0.15, 0.2) is 11.5 Å². The van der Waals surface area contributed by atoms with Crippen LogP contribution in [-0.2, 0) is 6.54 Å². The zero-order valence-corrected chi connectivity index (χ0v) is 13.1. The third kappa shape index (κ3) is 3.13. The van der Waals surface area contributed by atoms with Crippen LogP contribution in [-0.4, -0.2) is 30.2 Å². The number of imidazole rings is 1. The summed E-state index contributed by atoms with van der Waals surface area (Å²) in [5, 5.41) is 10.6. The van der Waals surface area contributed by atoms with Crippen LogP contribution < -0.4 is 5.73 Å². The molecule has 0 spiro atoms. The van der Waals surface area contributed by atoms with Crippen molar-refractivity contribution in [3.05, 3.63) is 12.2 Å². The molecule has 2 aromatic heterocycles. The van der Waals surface area contributed by atoms with Gasteiger partial charge in [-0.1, -0.05) is 25.2 Å². The quantitative estimate of drug-likeness (QED) is 0.776. The Hall–Kier alpha value is -2.57. The first-order valence-corrected chi connectivity index (χ1v) is 7.68. The smallest absolute Gasteiger partial charge is 0.209 e. The van der Waals surface area contributed by atoms with E-state index >= 15 is 0 Å². The van der Waals surface area contributed by atoms with Crippen molar-refractivity contribution in [1.29, 1.82) is 0 Å². The molecule has 1 aliphatic rings. The molecule has 2 unspecified atom stereocenters. The van der Waals surface area contributed by atoms with E-state index in [-0.39, 0.29) is 11.6 Å². The van der Waals surface area contributed by atoms with Gasteiger partial charge in [0.1, 0.15) is 11.1 Å². The highest BCUT2D eigenvalue weighted by Gasteiger charge is 2.30. The van der Waals surface area contributed by atoms with Crippen LogP contribution in [0.2, 0.25) is 0 Å². The largest absolute Gasteiger partial charge is 0.382 e. The molecule has 0 amide bonds. The van der Waals surface area contributed by atoms with Crippen molar-refractivity contribution in [2.45, 2.75) is 44.8 Å². The maximum atomic E-state index is 10.6. The summed E-state index contributed by atoms with van der Waals surface area (Å²) in [5.41, 5.74) is 6.02. The van der Waals surface area contributed by atoms with E-state index in [0.717, 1.165) is 12.8 Å². The summed E-state index contributed by atoms with van der Waals surface area (Å²) in [5.74, 6) is 9.36. The van der Waals surface area contributed by atoms with Crippen molar-refractivity contribution in [1.82, 2.24) is 19.5 Å². The predicted molar refractivity (Wildman–Crippen MR) is 88.0 cm³/mol. The van der Waals surface area contributed by atoms with Crippen molar-refractivity contribution in [2.24, 2.45) is 5.92 Å². The normalized spacial score (nSPS) is 24.0. The molecular formula is C17H19N5O. The Morgan fingerprint density at radius 1 is 1.52 bits per heavy atom. The molecular weight excluding hydrogens is 290 g/mol. The SMILES string of the molecule is C#CCn1cnc2c(N)nc(C#CC3(O)CCCC(C)C3)nc21. The van der Waals surface area contributed by atoms with Gasteiger partial charge in [0.05, 0.1) is 12.9 Å². The van der Waals surface area contributed by atoms with Gasteiger partial charge >= 0.3 is 0 Å². The molecule has 1 fully saturated rings. The fourth-order valence-corrected chi connectivity index (χ4v) is 3.05. The van der Waals surface area contributed by atoms with Crippen LogP contribution in [0.3, 0.4) is 0 Å². The average Bonchev–Trinajstić information content (AvgIpc) is 2.89. The lowest BCUT2D eigenvalue weighted by Gasteiger charge is -2.30. The van der Waals surface area contributed by atoms with Crippen LogP contribution in [0.15, 0.2) is 6.33 Å². The number of nitrogens with two attached hydrogens (primary N) is 1. The minimum atomic E-state index is -0.968. The predicted octanol–water partition coefficient (Wildman–Crippen LogP) is 1.33. The molecule has 118 valence electrons. The van der Waals surface area contributed by atoms with Gasteiger partial charge < -0.3 is 15.4 Å². The molecule has 0 aliphatic heterocycles. The summed E-state index contributed by atoms with van der Waals surface area (Å²) in [4.78, 5) is 12.7. The second-order valence-corrected chi connectivity index (χ2v) is 6.16. The second kappa shape index (κ2) is 5.91. The van der Waals surface area contributed by atoms with Gasteiger partial charge in [0.2, 0.25) is 5.82 Å². The molecule has 23 heavy (non-hydrogen) atoms. The maximum absolute atomic E-state index is 10.6. The van der Waals surface area contributed by atoms with E-state index in [2.05, 4.69) is 39.6 Å². The Balaban J connectivity index is 1.96. The highest BCUT2D eigenvalue weighted by Crippen LogP contribution is 2.31. The summed E-state index contributed by atoms with van der Waals surface area (Å²) >= 11 is 0. The molecule has 0 saturated heterocycles. The lowest BCUT2D eigenvalue weighted by Crippen LogP contribution is -2.32. The molecule has 6 heteroatoms. The third-order valence-electron chi connectivity index (χ3n) is 4.13. The van der Waals surface area contributed by atoms with Crippen LogP contribution in [0.25, 0.3) is 11.2 Å². The first-order valence-electron chi connectivity index (χ1n) is 7.68. The Morgan fingerprint density at radius 3 is 3.09 bits per heavy atom. The number of aliphatic hydroxyl groups is 1. The number of hydrogen-bond acceptors (Lipinski definition) is 5. The Morgan fingerprint density at radius 2 is 2.35 bits per heavy atom. The van der Waals surface area contributed by atoms with E-state index in [1.807, 2.05) is 0 Å². The van der Waals surface area contributed by atoms with Crippen LogP contribution in [0.4, 0.5) is 5.82 Å². The Bertz CT molecular complexity index is 838. The fourth-order valence-electron chi connectivity index (χ4n) is 3.05. The van der Waals surface area contributed by atoms with Crippen molar-refractivity contribution >= 4 is 17.0 Å². The van der Waals surface area contributed by atoms with Gasteiger partial charge in [-0.2, -0.15) is 0 Å². The van der Waals surface area contributed by atoms with Crippen LogP contribution >= 0.6 is 0 Å². The molecule has 3 rings (SSSR count). The minimum absolute atomic E-state index is 0.263. The number of nitrogens with zero attached hydrogens (tertiary/aromatic N) is 4. The summed E-state index contributed by atoms with van der Waals surface area (Å²) in [6.07, 6.45) is 10.4. The van der Waals surface area contributed by atoms with E-state index in [9.17, 15) is 5.11 Å². The number of nitrogen functional groups attached to an aromatic ring is 1. The highest BCUT2D eigenvalue weighted by molar-refractivity contribution is 5.82.